The zero-order chi connectivity index (χ0) is 11.9. The zero-order valence-corrected chi connectivity index (χ0v) is 9.04. The van der Waals surface area contributed by atoms with Gasteiger partial charge in [-0.05, 0) is 31.0 Å². The van der Waals surface area contributed by atoms with Crippen LogP contribution in [-0.2, 0) is 10.3 Å². The van der Waals surface area contributed by atoms with Crippen molar-refractivity contribution < 1.29 is 9.18 Å². The summed E-state index contributed by atoms with van der Waals surface area (Å²) in [5.74, 6) is -0.631. The molecule has 0 bridgehead atoms. The molecule has 1 aliphatic heterocycles. The predicted octanol–water partition coefficient (Wildman–Crippen LogP) is 0.794. The van der Waals surface area contributed by atoms with Gasteiger partial charge in [0.15, 0.2) is 11.5 Å². The average molecular weight is 221 g/mol. The Morgan fingerprint density at radius 1 is 1.50 bits per heavy atom. The number of carbonyl (C=O) groups is 1. The predicted molar refractivity (Wildman–Crippen MR) is 58.3 cm³/mol. The van der Waals surface area contributed by atoms with E-state index in [-0.39, 0.29) is 17.7 Å². The normalized spacial score (nSPS) is 24.2. The minimum Gasteiger partial charge on any atom is -0.370 e. The number of benzene rings is 1. The van der Waals surface area contributed by atoms with E-state index in [1.807, 2.05) is 0 Å². The van der Waals surface area contributed by atoms with Gasteiger partial charge >= 0.3 is 0 Å². The van der Waals surface area contributed by atoms with Gasteiger partial charge in [0.05, 0.1) is 0 Å². The summed E-state index contributed by atoms with van der Waals surface area (Å²) in [6, 6.07) is 4.62. The first-order valence-corrected chi connectivity index (χ1v) is 4.87. The van der Waals surface area contributed by atoms with E-state index in [2.05, 4.69) is 10.3 Å². The molecule has 1 aromatic carbocycles. The van der Waals surface area contributed by atoms with Crippen molar-refractivity contribution in [3.63, 3.8) is 0 Å². The number of nitrogens with zero attached hydrogens (tertiary/aromatic N) is 1. The van der Waals surface area contributed by atoms with Crippen molar-refractivity contribution >= 4 is 11.9 Å². The molecular weight excluding hydrogens is 209 g/mol. The summed E-state index contributed by atoms with van der Waals surface area (Å²) >= 11 is 0. The fraction of sp³-hybridized carbons (Fsp3) is 0.273. The van der Waals surface area contributed by atoms with Gasteiger partial charge in [0.25, 0.3) is 5.91 Å². The van der Waals surface area contributed by atoms with Crippen molar-refractivity contribution in [2.24, 2.45) is 10.7 Å². The molecule has 4 nitrogen and oxygen atoms in total. The molecule has 3 N–H and O–H groups in total. The molecule has 1 amide bonds. The number of aliphatic imine (C=N–C) groups is 1. The quantitative estimate of drug-likeness (QED) is 0.736. The van der Waals surface area contributed by atoms with Crippen LogP contribution in [0.2, 0.25) is 0 Å². The van der Waals surface area contributed by atoms with Crippen LogP contribution in [0.25, 0.3) is 0 Å². The van der Waals surface area contributed by atoms with E-state index in [0.29, 0.717) is 11.1 Å². The third-order valence-electron chi connectivity index (χ3n) is 2.76. The molecule has 1 atom stereocenters. The number of carbonyl (C=O) groups excluding carboxylic acids is 1. The topological polar surface area (TPSA) is 67.5 Å². The third kappa shape index (κ3) is 1.44. The third-order valence-corrected chi connectivity index (χ3v) is 2.76. The smallest absolute Gasteiger partial charge is 0.259 e. The first-order chi connectivity index (χ1) is 7.43. The van der Waals surface area contributed by atoms with Crippen LogP contribution in [0, 0.1) is 12.7 Å². The molecule has 1 heterocycles. The Balaban J connectivity index is 2.51. The molecule has 1 unspecified atom stereocenters. The number of nitrogens with one attached hydrogen (secondary N) is 1. The largest absolute Gasteiger partial charge is 0.370 e. The summed E-state index contributed by atoms with van der Waals surface area (Å²) in [4.78, 5) is 15.7. The Hall–Kier alpha value is -1.91. The number of amides is 1. The SMILES string of the molecule is Cc1ccc(C2(C)N=C(N)NC2=O)cc1F. The lowest BCUT2D eigenvalue weighted by atomic mass is 9.92. The number of nitrogens with two attached hydrogens (primary N) is 1. The fourth-order valence-electron chi connectivity index (χ4n) is 1.65. The van der Waals surface area contributed by atoms with Gasteiger partial charge < -0.3 is 5.73 Å². The molecule has 84 valence electrons. The molecule has 0 radical (unpaired) electrons. The highest BCUT2D eigenvalue weighted by molar-refractivity contribution is 6.06. The van der Waals surface area contributed by atoms with Crippen molar-refractivity contribution in [2.45, 2.75) is 19.4 Å². The van der Waals surface area contributed by atoms with E-state index in [1.165, 1.54) is 6.07 Å². The molecule has 1 aromatic rings. The summed E-state index contributed by atoms with van der Waals surface area (Å²) in [5.41, 5.74) is 5.33. The second-order valence-corrected chi connectivity index (χ2v) is 3.99. The molecule has 0 saturated carbocycles. The van der Waals surface area contributed by atoms with E-state index in [9.17, 15) is 9.18 Å². The highest BCUT2D eigenvalue weighted by atomic mass is 19.1. The number of guanidine groups is 1. The van der Waals surface area contributed by atoms with Crippen LogP contribution in [0.1, 0.15) is 18.1 Å². The molecule has 1 aliphatic rings. The van der Waals surface area contributed by atoms with E-state index >= 15 is 0 Å². The van der Waals surface area contributed by atoms with Gasteiger partial charge in [-0.15, -0.1) is 0 Å². The Morgan fingerprint density at radius 3 is 2.69 bits per heavy atom. The second kappa shape index (κ2) is 3.30. The maximum Gasteiger partial charge on any atom is 0.259 e. The Bertz CT molecular complexity index is 498. The molecular formula is C11H12FN3O. The highest BCUT2D eigenvalue weighted by Gasteiger charge is 2.40. The maximum atomic E-state index is 13.4. The van der Waals surface area contributed by atoms with Crippen molar-refractivity contribution in [1.29, 1.82) is 0 Å². The summed E-state index contributed by atoms with van der Waals surface area (Å²) < 4.78 is 13.4. The summed E-state index contributed by atoms with van der Waals surface area (Å²) in [6.45, 7) is 3.26. The number of aryl methyl sites for hydroxylation is 1. The minimum atomic E-state index is -1.13. The van der Waals surface area contributed by atoms with E-state index in [0.717, 1.165) is 0 Å². The van der Waals surface area contributed by atoms with Crippen LogP contribution in [0.5, 0.6) is 0 Å². The summed E-state index contributed by atoms with van der Waals surface area (Å²) in [5, 5.41) is 2.41. The molecule has 0 saturated heterocycles. The fourth-order valence-corrected chi connectivity index (χ4v) is 1.65. The van der Waals surface area contributed by atoms with Gasteiger partial charge in [-0.1, -0.05) is 12.1 Å². The molecule has 5 heteroatoms. The maximum absolute atomic E-state index is 13.4. The molecule has 0 aromatic heterocycles. The van der Waals surface area contributed by atoms with Crippen LogP contribution in [0.4, 0.5) is 4.39 Å². The van der Waals surface area contributed by atoms with Crippen LogP contribution in [-0.4, -0.2) is 11.9 Å². The lowest BCUT2D eigenvalue weighted by molar-refractivity contribution is -0.123. The monoisotopic (exact) mass is 221 g/mol. The van der Waals surface area contributed by atoms with Gasteiger partial charge in [-0.2, -0.15) is 0 Å². The number of halogens is 1. The number of hydrogen-bond donors (Lipinski definition) is 2. The van der Waals surface area contributed by atoms with Gasteiger partial charge in [0.1, 0.15) is 5.82 Å². The molecule has 0 spiro atoms. The van der Waals surface area contributed by atoms with Crippen LogP contribution < -0.4 is 11.1 Å². The van der Waals surface area contributed by atoms with Gasteiger partial charge in [-0.3, -0.25) is 10.1 Å². The first kappa shape index (κ1) is 10.6. The molecule has 0 aliphatic carbocycles. The van der Waals surface area contributed by atoms with E-state index in [4.69, 9.17) is 5.73 Å². The molecule has 16 heavy (non-hydrogen) atoms. The standard InChI is InChI=1S/C11H12FN3O/c1-6-3-4-7(5-8(6)12)11(2)9(16)14-10(13)15-11/h3-5H,1-2H3,(H3,13,14,15,16). The Morgan fingerprint density at radius 2 is 2.19 bits per heavy atom. The highest BCUT2D eigenvalue weighted by Crippen LogP contribution is 2.29. The van der Waals surface area contributed by atoms with Gasteiger partial charge in [0, 0.05) is 0 Å². The van der Waals surface area contributed by atoms with Crippen LogP contribution in [0.15, 0.2) is 23.2 Å². The minimum absolute atomic E-state index is 0.0634. The van der Waals surface area contributed by atoms with Crippen molar-refractivity contribution in [3.8, 4) is 0 Å². The lowest BCUT2D eigenvalue weighted by Crippen LogP contribution is -2.37. The molecule has 2 rings (SSSR count). The van der Waals surface area contributed by atoms with Crippen molar-refractivity contribution in [2.75, 3.05) is 0 Å². The van der Waals surface area contributed by atoms with Gasteiger partial charge in [-0.25, -0.2) is 9.38 Å². The summed E-state index contributed by atoms with van der Waals surface area (Å²) in [7, 11) is 0. The Labute approximate surface area is 92.4 Å². The summed E-state index contributed by atoms with van der Waals surface area (Å²) in [6.07, 6.45) is 0. The van der Waals surface area contributed by atoms with Crippen molar-refractivity contribution in [3.05, 3.63) is 35.1 Å². The van der Waals surface area contributed by atoms with Gasteiger partial charge in [0.2, 0.25) is 0 Å². The van der Waals surface area contributed by atoms with Crippen LogP contribution in [0.3, 0.4) is 0 Å². The number of hydrogen-bond acceptors (Lipinski definition) is 3. The zero-order valence-electron chi connectivity index (χ0n) is 9.04. The second-order valence-electron chi connectivity index (χ2n) is 3.99. The number of rotatable bonds is 1. The first-order valence-electron chi connectivity index (χ1n) is 4.87. The van der Waals surface area contributed by atoms with E-state index in [1.54, 1.807) is 26.0 Å². The molecule has 0 fully saturated rings. The Kier molecular flexibility index (Phi) is 2.18. The lowest BCUT2D eigenvalue weighted by Gasteiger charge is -2.18. The average Bonchev–Trinajstić information content (AvgIpc) is 2.46. The van der Waals surface area contributed by atoms with Crippen molar-refractivity contribution in [1.82, 2.24) is 5.32 Å². The van der Waals surface area contributed by atoms with Crippen LogP contribution >= 0.6 is 0 Å². The van der Waals surface area contributed by atoms with E-state index < -0.39 is 5.54 Å².